The molecular formula is C20H21N3O3S. The van der Waals surface area contributed by atoms with Gasteiger partial charge in [0.1, 0.15) is 11.5 Å². The molecular weight excluding hydrogens is 362 g/mol. The van der Waals surface area contributed by atoms with Crippen molar-refractivity contribution in [1.29, 1.82) is 0 Å². The molecule has 0 bridgehead atoms. The van der Waals surface area contributed by atoms with Crippen molar-refractivity contribution >= 4 is 28.6 Å². The molecule has 1 N–H and O–H groups in total. The summed E-state index contributed by atoms with van der Waals surface area (Å²) in [5, 5.41) is 0.898. The largest absolute Gasteiger partial charge is 0.461 e. The zero-order valence-electron chi connectivity index (χ0n) is 15.4. The number of fused-ring (bicyclic) bond motifs is 2. The molecule has 0 fully saturated rings. The van der Waals surface area contributed by atoms with Gasteiger partial charge in [0.05, 0.1) is 16.6 Å². The molecule has 1 aliphatic rings. The number of aromatic amines is 1. The van der Waals surface area contributed by atoms with Crippen molar-refractivity contribution in [2.75, 3.05) is 5.75 Å². The van der Waals surface area contributed by atoms with E-state index in [2.05, 4.69) is 21.9 Å². The highest BCUT2D eigenvalue weighted by molar-refractivity contribution is 7.99. The Morgan fingerprint density at radius 2 is 2.04 bits per heavy atom. The number of hydrogen-bond acceptors (Lipinski definition) is 6. The molecule has 3 heterocycles. The van der Waals surface area contributed by atoms with Crippen LogP contribution in [0.3, 0.4) is 0 Å². The van der Waals surface area contributed by atoms with E-state index in [1.807, 2.05) is 13.0 Å². The fourth-order valence-electron chi connectivity index (χ4n) is 3.42. The van der Waals surface area contributed by atoms with Gasteiger partial charge in [0.25, 0.3) is 5.56 Å². The van der Waals surface area contributed by atoms with Crippen molar-refractivity contribution < 1.29 is 9.21 Å². The van der Waals surface area contributed by atoms with Crippen LogP contribution in [0.4, 0.5) is 0 Å². The number of carbonyl (C=O) groups excluding carboxylic acids is 1. The number of nitrogens with zero attached hydrogens (tertiary/aromatic N) is 2. The minimum absolute atomic E-state index is 0.00972. The predicted octanol–water partition coefficient (Wildman–Crippen LogP) is 4.30. The molecule has 7 heteroatoms. The summed E-state index contributed by atoms with van der Waals surface area (Å²) in [5.41, 5.74) is 1.87. The number of H-pyrrole nitrogens is 1. The summed E-state index contributed by atoms with van der Waals surface area (Å²) in [6.07, 6.45) is 4.07. The monoisotopic (exact) mass is 383 g/mol. The molecule has 0 spiro atoms. The molecule has 1 aliphatic carbocycles. The van der Waals surface area contributed by atoms with E-state index in [0.29, 0.717) is 51.6 Å². The van der Waals surface area contributed by atoms with E-state index < -0.39 is 0 Å². The summed E-state index contributed by atoms with van der Waals surface area (Å²) in [6.45, 7) is 3.96. The van der Waals surface area contributed by atoms with Crippen LogP contribution < -0.4 is 5.56 Å². The van der Waals surface area contributed by atoms with Gasteiger partial charge >= 0.3 is 0 Å². The van der Waals surface area contributed by atoms with Crippen LogP contribution >= 0.6 is 11.8 Å². The maximum absolute atomic E-state index is 12.9. The minimum atomic E-state index is -0.281. The van der Waals surface area contributed by atoms with E-state index in [9.17, 15) is 9.59 Å². The molecule has 0 radical (unpaired) electrons. The van der Waals surface area contributed by atoms with Gasteiger partial charge < -0.3 is 9.40 Å². The predicted molar refractivity (Wildman–Crippen MR) is 105 cm³/mol. The first-order valence-electron chi connectivity index (χ1n) is 9.28. The van der Waals surface area contributed by atoms with E-state index in [1.54, 1.807) is 6.07 Å². The summed E-state index contributed by atoms with van der Waals surface area (Å²) in [7, 11) is 0. The number of ketones is 1. The molecule has 140 valence electrons. The number of carbonyl (C=O) groups is 1. The average molecular weight is 383 g/mol. The quantitative estimate of drug-likeness (QED) is 0.401. The Morgan fingerprint density at radius 3 is 2.78 bits per heavy atom. The summed E-state index contributed by atoms with van der Waals surface area (Å²) in [4.78, 5) is 37.6. The average Bonchev–Trinajstić information content (AvgIpc) is 3.06. The highest BCUT2D eigenvalue weighted by atomic mass is 32.2. The zero-order valence-corrected chi connectivity index (χ0v) is 16.2. The molecule has 0 unspecified atom stereocenters. The lowest BCUT2D eigenvalue weighted by atomic mass is 9.89. The topological polar surface area (TPSA) is 88.8 Å². The Morgan fingerprint density at radius 1 is 1.19 bits per heavy atom. The molecule has 0 aromatic carbocycles. The first-order chi connectivity index (χ1) is 13.1. The third-order valence-corrected chi connectivity index (χ3v) is 5.69. The van der Waals surface area contributed by atoms with Crippen molar-refractivity contribution in [1.82, 2.24) is 15.0 Å². The number of thioether (sulfide) groups is 1. The van der Waals surface area contributed by atoms with Gasteiger partial charge in [-0.3, -0.25) is 9.59 Å². The fourth-order valence-corrected chi connectivity index (χ4v) is 4.36. The van der Waals surface area contributed by atoms with Crippen molar-refractivity contribution in [2.24, 2.45) is 0 Å². The lowest BCUT2D eigenvalue weighted by molar-refractivity contribution is 0.0972. The van der Waals surface area contributed by atoms with E-state index in [0.717, 1.165) is 30.8 Å². The molecule has 0 aliphatic heterocycles. The molecule has 6 nitrogen and oxygen atoms in total. The van der Waals surface area contributed by atoms with Crippen molar-refractivity contribution in [3.63, 3.8) is 0 Å². The van der Waals surface area contributed by atoms with Crippen LogP contribution in [0.15, 0.2) is 26.5 Å². The molecule has 0 atom stereocenters. The van der Waals surface area contributed by atoms with Gasteiger partial charge in [-0.15, -0.1) is 0 Å². The Hall–Kier alpha value is -2.41. The van der Waals surface area contributed by atoms with Gasteiger partial charge in [0, 0.05) is 17.7 Å². The second kappa shape index (κ2) is 7.31. The highest BCUT2D eigenvalue weighted by Gasteiger charge is 2.28. The van der Waals surface area contributed by atoms with Crippen LogP contribution in [0.25, 0.3) is 22.4 Å². The lowest BCUT2D eigenvalue weighted by Gasteiger charge is -2.18. The van der Waals surface area contributed by atoms with Crippen LogP contribution in [-0.4, -0.2) is 26.5 Å². The number of unbranched alkanes of at least 4 members (excludes halogenated alkanes) is 1. The SMILES string of the molecule is CCCCSc1nc2nc3c(c(-c4ccc(C)o4)c2c(=O)[nH]1)C(=O)CCC3. The Bertz CT molecular complexity index is 1080. The molecule has 3 aromatic rings. The van der Waals surface area contributed by atoms with Crippen molar-refractivity contribution in [2.45, 2.75) is 51.1 Å². The molecule has 27 heavy (non-hydrogen) atoms. The minimum Gasteiger partial charge on any atom is -0.461 e. The fraction of sp³-hybridized carbons (Fsp3) is 0.400. The van der Waals surface area contributed by atoms with E-state index in [4.69, 9.17) is 4.42 Å². The molecule has 4 rings (SSSR count). The second-order valence-corrected chi connectivity index (χ2v) is 7.85. The summed E-state index contributed by atoms with van der Waals surface area (Å²) in [5.74, 6) is 2.14. The van der Waals surface area contributed by atoms with Crippen molar-refractivity contribution in [3.05, 3.63) is 39.5 Å². The van der Waals surface area contributed by atoms with Crippen LogP contribution in [0.2, 0.25) is 0 Å². The normalized spacial score (nSPS) is 13.9. The number of hydrogen-bond donors (Lipinski definition) is 1. The van der Waals surface area contributed by atoms with Gasteiger partial charge in [-0.05, 0) is 38.3 Å². The van der Waals surface area contributed by atoms with E-state index >= 15 is 0 Å². The van der Waals surface area contributed by atoms with E-state index in [-0.39, 0.29) is 11.3 Å². The molecule has 0 amide bonds. The van der Waals surface area contributed by atoms with Gasteiger partial charge in [0.15, 0.2) is 16.6 Å². The summed E-state index contributed by atoms with van der Waals surface area (Å²) >= 11 is 1.52. The van der Waals surface area contributed by atoms with Crippen molar-refractivity contribution in [3.8, 4) is 11.3 Å². The maximum atomic E-state index is 12.9. The van der Waals surface area contributed by atoms with Gasteiger partial charge in [-0.1, -0.05) is 25.1 Å². The number of aromatic nitrogens is 3. The number of Topliss-reactive ketones (excluding diaryl/α,β-unsaturated/α-hetero) is 1. The summed E-state index contributed by atoms with van der Waals surface area (Å²) < 4.78 is 5.79. The van der Waals surface area contributed by atoms with Crippen LogP contribution in [-0.2, 0) is 6.42 Å². The first-order valence-corrected chi connectivity index (χ1v) is 10.3. The molecule has 0 saturated carbocycles. The highest BCUT2D eigenvalue weighted by Crippen LogP contribution is 2.35. The third kappa shape index (κ3) is 3.32. The summed E-state index contributed by atoms with van der Waals surface area (Å²) in [6, 6.07) is 3.63. The number of rotatable bonds is 5. The second-order valence-electron chi connectivity index (χ2n) is 6.77. The zero-order chi connectivity index (χ0) is 19.0. The van der Waals surface area contributed by atoms with E-state index in [1.165, 1.54) is 11.8 Å². The Kier molecular flexibility index (Phi) is 4.86. The molecule has 0 saturated heterocycles. The number of nitrogens with one attached hydrogen (secondary N) is 1. The van der Waals surface area contributed by atoms with Crippen LogP contribution in [0.1, 0.15) is 54.4 Å². The standard InChI is InChI=1S/C20H21N3O3S/c1-3-4-10-27-20-22-18-17(19(25)23-20)16(14-9-8-11(2)26-14)15-12(21-18)6-5-7-13(15)24/h8-9H,3-7,10H2,1-2H3,(H,21,22,23,25). The van der Waals surface area contributed by atoms with Gasteiger partial charge in [-0.2, -0.15) is 0 Å². The maximum Gasteiger partial charge on any atom is 0.261 e. The molecule has 3 aromatic heterocycles. The number of aryl methyl sites for hydroxylation is 2. The number of furan rings is 1. The van der Waals surface area contributed by atoms with Gasteiger partial charge in [0.2, 0.25) is 0 Å². The van der Waals surface area contributed by atoms with Crippen LogP contribution in [0, 0.1) is 6.92 Å². The first kappa shape index (κ1) is 18.0. The van der Waals surface area contributed by atoms with Gasteiger partial charge in [-0.25, -0.2) is 9.97 Å². The smallest absolute Gasteiger partial charge is 0.261 e. The Balaban J connectivity index is 1.98. The third-order valence-electron chi connectivity index (χ3n) is 4.73. The lowest BCUT2D eigenvalue weighted by Crippen LogP contribution is -2.19. The van der Waals surface area contributed by atoms with Crippen LogP contribution in [0.5, 0.6) is 0 Å². The Labute approximate surface area is 160 Å². The number of pyridine rings is 1.